The zero-order chi connectivity index (χ0) is 9.76. The maximum Gasteiger partial charge on any atom is 0.163 e. The molecule has 0 amide bonds. The first-order chi connectivity index (χ1) is 6.71. The van der Waals surface area contributed by atoms with Crippen molar-refractivity contribution in [2.75, 3.05) is 0 Å². The van der Waals surface area contributed by atoms with Gasteiger partial charge in [0.1, 0.15) is 5.82 Å². The van der Waals surface area contributed by atoms with Crippen LogP contribution in [0, 0.1) is 5.82 Å². The first kappa shape index (κ1) is 8.16. The van der Waals surface area contributed by atoms with Crippen molar-refractivity contribution in [1.29, 1.82) is 0 Å². The Balaban J connectivity index is 2.22. The monoisotopic (exact) mass is 190 g/mol. The van der Waals surface area contributed by atoms with Crippen LogP contribution in [0.4, 0.5) is 4.39 Å². The zero-order valence-corrected chi connectivity index (χ0v) is 7.85. The van der Waals surface area contributed by atoms with E-state index < -0.39 is 0 Å². The lowest BCUT2D eigenvalue weighted by Crippen LogP contribution is -2.20. The van der Waals surface area contributed by atoms with E-state index in [-0.39, 0.29) is 17.0 Å². The van der Waals surface area contributed by atoms with Crippen molar-refractivity contribution in [3.05, 3.63) is 35.1 Å². The number of hydrogen-bond donors (Lipinski definition) is 0. The molecule has 1 aromatic rings. The van der Waals surface area contributed by atoms with Crippen molar-refractivity contribution in [3.8, 4) is 0 Å². The van der Waals surface area contributed by atoms with E-state index >= 15 is 0 Å². The SMILES string of the molecule is O=C1CCC2(CC2)c2cc(F)ccc21. The summed E-state index contributed by atoms with van der Waals surface area (Å²) in [5.41, 5.74) is 1.90. The van der Waals surface area contributed by atoms with Gasteiger partial charge in [0.2, 0.25) is 0 Å². The highest BCUT2D eigenvalue weighted by Gasteiger charge is 2.48. The van der Waals surface area contributed by atoms with Crippen molar-refractivity contribution in [1.82, 2.24) is 0 Å². The van der Waals surface area contributed by atoms with Gasteiger partial charge >= 0.3 is 0 Å². The Kier molecular flexibility index (Phi) is 1.42. The first-order valence-corrected chi connectivity index (χ1v) is 5.05. The molecular weight excluding hydrogens is 179 g/mol. The fraction of sp³-hybridized carbons (Fsp3) is 0.417. The number of halogens is 1. The Hall–Kier alpha value is -1.18. The van der Waals surface area contributed by atoms with Crippen LogP contribution in [0.5, 0.6) is 0 Å². The second-order valence-electron chi connectivity index (χ2n) is 4.39. The summed E-state index contributed by atoms with van der Waals surface area (Å²) in [5, 5.41) is 0. The molecule has 0 N–H and O–H groups in total. The summed E-state index contributed by atoms with van der Waals surface area (Å²) in [7, 11) is 0. The average molecular weight is 190 g/mol. The van der Waals surface area contributed by atoms with Crippen LogP contribution in [0.15, 0.2) is 18.2 Å². The predicted molar refractivity (Wildman–Crippen MR) is 50.9 cm³/mol. The third-order valence-electron chi connectivity index (χ3n) is 3.54. The highest BCUT2D eigenvalue weighted by Crippen LogP contribution is 2.55. The molecule has 0 saturated heterocycles. The molecule has 0 heterocycles. The molecule has 2 aliphatic rings. The molecule has 14 heavy (non-hydrogen) atoms. The van der Waals surface area contributed by atoms with Gasteiger partial charge < -0.3 is 0 Å². The molecular formula is C12H11FO. The van der Waals surface area contributed by atoms with Crippen LogP contribution >= 0.6 is 0 Å². The van der Waals surface area contributed by atoms with E-state index in [1.54, 1.807) is 12.1 Å². The van der Waals surface area contributed by atoms with Gasteiger partial charge in [0.15, 0.2) is 5.78 Å². The molecule has 0 unspecified atom stereocenters. The summed E-state index contributed by atoms with van der Waals surface area (Å²) < 4.78 is 13.1. The summed E-state index contributed by atoms with van der Waals surface area (Å²) in [6.07, 6.45) is 3.80. The van der Waals surface area contributed by atoms with Crippen molar-refractivity contribution in [2.45, 2.75) is 31.1 Å². The van der Waals surface area contributed by atoms with Crippen LogP contribution in [-0.2, 0) is 5.41 Å². The van der Waals surface area contributed by atoms with Crippen LogP contribution < -0.4 is 0 Å². The minimum absolute atomic E-state index is 0.172. The molecule has 3 rings (SSSR count). The smallest absolute Gasteiger partial charge is 0.163 e. The van der Waals surface area contributed by atoms with E-state index in [2.05, 4.69) is 0 Å². The van der Waals surface area contributed by atoms with E-state index in [1.165, 1.54) is 6.07 Å². The molecule has 1 saturated carbocycles. The van der Waals surface area contributed by atoms with E-state index in [0.29, 0.717) is 6.42 Å². The van der Waals surface area contributed by atoms with Gasteiger partial charge in [0, 0.05) is 12.0 Å². The second kappa shape index (κ2) is 2.44. The Labute approximate surface area is 81.9 Å². The van der Waals surface area contributed by atoms with Crippen LogP contribution in [0.1, 0.15) is 41.6 Å². The highest BCUT2D eigenvalue weighted by atomic mass is 19.1. The zero-order valence-electron chi connectivity index (χ0n) is 7.85. The van der Waals surface area contributed by atoms with Crippen LogP contribution in [0.3, 0.4) is 0 Å². The quantitative estimate of drug-likeness (QED) is 0.614. The van der Waals surface area contributed by atoms with Crippen molar-refractivity contribution in [3.63, 3.8) is 0 Å². The van der Waals surface area contributed by atoms with E-state index in [4.69, 9.17) is 0 Å². The van der Waals surface area contributed by atoms with Gasteiger partial charge in [0.05, 0.1) is 0 Å². The Morgan fingerprint density at radius 2 is 2.00 bits per heavy atom. The summed E-state index contributed by atoms with van der Waals surface area (Å²) in [5.74, 6) is -0.0396. The third-order valence-corrected chi connectivity index (χ3v) is 3.54. The molecule has 1 fully saturated rings. The van der Waals surface area contributed by atoms with Gasteiger partial charge in [-0.05, 0) is 48.4 Å². The molecule has 0 aliphatic heterocycles. The number of rotatable bonds is 0. The minimum atomic E-state index is -0.218. The van der Waals surface area contributed by atoms with Crippen LogP contribution in [-0.4, -0.2) is 5.78 Å². The third kappa shape index (κ3) is 0.969. The van der Waals surface area contributed by atoms with Crippen LogP contribution in [0.2, 0.25) is 0 Å². The molecule has 1 spiro atoms. The minimum Gasteiger partial charge on any atom is -0.294 e. The van der Waals surface area contributed by atoms with E-state index in [9.17, 15) is 9.18 Å². The number of carbonyl (C=O) groups is 1. The summed E-state index contributed by atoms with van der Waals surface area (Å²) >= 11 is 0. The maximum absolute atomic E-state index is 13.1. The van der Waals surface area contributed by atoms with Gasteiger partial charge in [-0.3, -0.25) is 4.79 Å². The highest BCUT2D eigenvalue weighted by molar-refractivity contribution is 5.99. The Morgan fingerprint density at radius 3 is 2.71 bits per heavy atom. The topological polar surface area (TPSA) is 17.1 Å². The van der Waals surface area contributed by atoms with Crippen molar-refractivity contribution >= 4 is 5.78 Å². The molecule has 1 nitrogen and oxygen atoms in total. The fourth-order valence-electron chi connectivity index (χ4n) is 2.49. The Bertz CT molecular complexity index is 418. The van der Waals surface area contributed by atoms with E-state index in [1.807, 2.05) is 0 Å². The number of ketones is 1. The van der Waals surface area contributed by atoms with Gasteiger partial charge in [-0.25, -0.2) is 4.39 Å². The first-order valence-electron chi connectivity index (χ1n) is 5.05. The normalized spacial score (nSPS) is 22.2. The lowest BCUT2D eigenvalue weighted by molar-refractivity contribution is 0.0964. The largest absolute Gasteiger partial charge is 0.294 e. The molecule has 0 atom stereocenters. The number of hydrogen-bond acceptors (Lipinski definition) is 1. The molecule has 2 aliphatic carbocycles. The van der Waals surface area contributed by atoms with Gasteiger partial charge in [-0.1, -0.05) is 0 Å². The molecule has 72 valence electrons. The van der Waals surface area contributed by atoms with Crippen molar-refractivity contribution in [2.24, 2.45) is 0 Å². The summed E-state index contributed by atoms with van der Waals surface area (Å²) in [6, 6.07) is 4.59. The lowest BCUT2D eigenvalue weighted by atomic mass is 9.79. The van der Waals surface area contributed by atoms with Gasteiger partial charge in [0.25, 0.3) is 0 Å². The van der Waals surface area contributed by atoms with E-state index in [0.717, 1.165) is 30.4 Å². The average Bonchev–Trinajstić information content (AvgIpc) is 2.93. The summed E-state index contributed by atoms with van der Waals surface area (Å²) in [4.78, 5) is 11.6. The molecule has 0 aromatic heterocycles. The van der Waals surface area contributed by atoms with Gasteiger partial charge in [-0.15, -0.1) is 0 Å². The fourth-order valence-corrected chi connectivity index (χ4v) is 2.49. The standard InChI is InChI=1S/C12H11FO/c13-8-1-2-9-10(7-8)12(5-6-12)4-3-11(9)14/h1-2,7H,3-6H2. The van der Waals surface area contributed by atoms with Gasteiger partial charge in [-0.2, -0.15) is 0 Å². The number of benzene rings is 1. The van der Waals surface area contributed by atoms with Crippen molar-refractivity contribution < 1.29 is 9.18 Å². The number of Topliss-reactive ketones (excluding diaryl/α,β-unsaturated/α-hetero) is 1. The molecule has 1 aromatic carbocycles. The lowest BCUT2D eigenvalue weighted by Gasteiger charge is -2.23. The maximum atomic E-state index is 13.1. The Morgan fingerprint density at radius 1 is 1.21 bits per heavy atom. The summed E-state index contributed by atoms with van der Waals surface area (Å²) in [6.45, 7) is 0. The number of carbonyl (C=O) groups excluding carboxylic acids is 1. The predicted octanol–water partition coefficient (Wildman–Crippen LogP) is 2.83. The molecule has 0 radical (unpaired) electrons. The number of fused-ring (bicyclic) bond motifs is 2. The molecule has 0 bridgehead atoms. The second-order valence-corrected chi connectivity index (χ2v) is 4.39. The van der Waals surface area contributed by atoms with Crippen LogP contribution in [0.25, 0.3) is 0 Å². The molecule has 2 heteroatoms.